The Kier molecular flexibility index (Phi) is 3.38. The fourth-order valence-electron chi connectivity index (χ4n) is 0.956. The Morgan fingerprint density at radius 3 is 2.92 bits per heavy atom. The number of aromatic nitrogens is 1. The van der Waals surface area contributed by atoms with Crippen LogP contribution in [0.15, 0.2) is 18.3 Å². The van der Waals surface area contributed by atoms with Crippen molar-refractivity contribution in [1.29, 1.82) is 5.26 Å². The van der Waals surface area contributed by atoms with Gasteiger partial charge in [-0.15, -0.1) is 0 Å². The van der Waals surface area contributed by atoms with Crippen molar-refractivity contribution in [2.24, 2.45) is 5.73 Å². The maximum Gasteiger partial charge on any atom is 0.101 e. The lowest BCUT2D eigenvalue weighted by molar-refractivity contribution is 0.179. The second-order valence-electron chi connectivity index (χ2n) is 2.65. The molecule has 0 amide bonds. The van der Waals surface area contributed by atoms with Gasteiger partial charge >= 0.3 is 0 Å². The topological polar surface area (TPSA) is 71.9 Å². The fourth-order valence-corrected chi connectivity index (χ4v) is 0.956. The molecule has 1 aromatic heterocycles. The standard InChI is InChI=1S/C9H11N3O/c1-13-6-8(11)9-3-2-7(4-10)5-12-9/h2-3,5,8H,6,11H2,1H3. The smallest absolute Gasteiger partial charge is 0.101 e. The second kappa shape index (κ2) is 4.55. The van der Waals surface area contributed by atoms with Crippen LogP contribution in [0.25, 0.3) is 0 Å². The maximum atomic E-state index is 8.52. The number of nitrogens with two attached hydrogens (primary N) is 1. The van der Waals surface area contributed by atoms with Gasteiger partial charge < -0.3 is 10.5 Å². The summed E-state index contributed by atoms with van der Waals surface area (Å²) in [6.45, 7) is 0.429. The van der Waals surface area contributed by atoms with Crippen molar-refractivity contribution in [3.8, 4) is 6.07 Å². The number of pyridine rings is 1. The van der Waals surface area contributed by atoms with Gasteiger partial charge in [-0.1, -0.05) is 0 Å². The van der Waals surface area contributed by atoms with Crippen LogP contribution in [0.5, 0.6) is 0 Å². The van der Waals surface area contributed by atoms with Gasteiger partial charge in [-0.3, -0.25) is 4.98 Å². The molecule has 0 saturated heterocycles. The first-order valence-electron chi connectivity index (χ1n) is 3.88. The van der Waals surface area contributed by atoms with E-state index in [0.29, 0.717) is 12.2 Å². The second-order valence-corrected chi connectivity index (χ2v) is 2.65. The number of hydrogen-bond acceptors (Lipinski definition) is 4. The Labute approximate surface area is 77.0 Å². The molecule has 68 valence electrons. The van der Waals surface area contributed by atoms with Crippen LogP contribution in [0.1, 0.15) is 17.3 Å². The Morgan fingerprint density at radius 2 is 2.46 bits per heavy atom. The molecule has 4 heteroatoms. The summed E-state index contributed by atoms with van der Waals surface area (Å²) in [6, 6.07) is 5.20. The molecular formula is C9H11N3O. The minimum Gasteiger partial charge on any atom is -0.383 e. The number of nitrogens with zero attached hydrogens (tertiary/aromatic N) is 2. The zero-order chi connectivity index (χ0) is 9.68. The predicted octanol–water partition coefficient (Wildman–Crippen LogP) is 0.599. The van der Waals surface area contributed by atoms with Gasteiger partial charge in [0, 0.05) is 13.3 Å². The summed E-state index contributed by atoms with van der Waals surface area (Å²) >= 11 is 0. The summed E-state index contributed by atoms with van der Waals surface area (Å²) < 4.78 is 4.88. The Hall–Kier alpha value is -1.44. The maximum absolute atomic E-state index is 8.52. The van der Waals surface area contributed by atoms with Crippen molar-refractivity contribution in [2.75, 3.05) is 13.7 Å². The monoisotopic (exact) mass is 177 g/mol. The van der Waals surface area contributed by atoms with E-state index in [4.69, 9.17) is 15.7 Å². The fraction of sp³-hybridized carbons (Fsp3) is 0.333. The van der Waals surface area contributed by atoms with Crippen LogP contribution in [0.3, 0.4) is 0 Å². The zero-order valence-electron chi connectivity index (χ0n) is 7.40. The summed E-state index contributed by atoms with van der Waals surface area (Å²) in [7, 11) is 1.59. The number of methoxy groups -OCH3 is 1. The van der Waals surface area contributed by atoms with E-state index in [0.717, 1.165) is 5.69 Å². The van der Waals surface area contributed by atoms with Gasteiger partial charge in [0.1, 0.15) is 6.07 Å². The lowest BCUT2D eigenvalue weighted by Gasteiger charge is -2.08. The number of hydrogen-bond donors (Lipinski definition) is 1. The predicted molar refractivity (Wildman–Crippen MR) is 47.8 cm³/mol. The normalized spacial score (nSPS) is 12.1. The summed E-state index contributed by atoms with van der Waals surface area (Å²) in [6.07, 6.45) is 1.50. The van der Waals surface area contributed by atoms with E-state index >= 15 is 0 Å². The van der Waals surface area contributed by atoms with Gasteiger partial charge in [-0.25, -0.2) is 0 Å². The van der Waals surface area contributed by atoms with Crippen LogP contribution in [-0.4, -0.2) is 18.7 Å². The van der Waals surface area contributed by atoms with Crippen LogP contribution >= 0.6 is 0 Å². The number of rotatable bonds is 3. The van der Waals surface area contributed by atoms with E-state index in [-0.39, 0.29) is 6.04 Å². The van der Waals surface area contributed by atoms with E-state index in [1.54, 1.807) is 19.2 Å². The number of nitriles is 1. The molecular weight excluding hydrogens is 166 g/mol. The van der Waals surface area contributed by atoms with Gasteiger partial charge in [-0.2, -0.15) is 5.26 Å². The third-order valence-electron chi connectivity index (χ3n) is 1.64. The van der Waals surface area contributed by atoms with Gasteiger partial charge in [0.2, 0.25) is 0 Å². The summed E-state index contributed by atoms with van der Waals surface area (Å²) in [5.41, 5.74) is 7.00. The third-order valence-corrected chi connectivity index (χ3v) is 1.64. The molecule has 13 heavy (non-hydrogen) atoms. The van der Waals surface area contributed by atoms with E-state index < -0.39 is 0 Å². The molecule has 0 radical (unpaired) electrons. The molecule has 1 aromatic rings. The van der Waals surface area contributed by atoms with Gasteiger partial charge in [0.15, 0.2) is 0 Å². The van der Waals surface area contributed by atoms with Crippen LogP contribution in [0.2, 0.25) is 0 Å². The zero-order valence-corrected chi connectivity index (χ0v) is 7.40. The quantitative estimate of drug-likeness (QED) is 0.733. The van der Waals surface area contributed by atoms with Crippen molar-refractivity contribution >= 4 is 0 Å². The Morgan fingerprint density at radius 1 is 1.69 bits per heavy atom. The van der Waals surface area contributed by atoms with Crippen molar-refractivity contribution in [3.63, 3.8) is 0 Å². The minimum absolute atomic E-state index is 0.224. The average molecular weight is 177 g/mol. The van der Waals surface area contributed by atoms with Crippen molar-refractivity contribution in [2.45, 2.75) is 6.04 Å². The molecule has 1 atom stereocenters. The van der Waals surface area contributed by atoms with Crippen molar-refractivity contribution < 1.29 is 4.74 Å². The van der Waals surface area contributed by atoms with E-state index in [1.165, 1.54) is 6.20 Å². The van der Waals surface area contributed by atoms with E-state index in [9.17, 15) is 0 Å². The van der Waals surface area contributed by atoms with Crippen LogP contribution in [-0.2, 0) is 4.74 Å². The molecule has 0 aliphatic carbocycles. The molecule has 2 N–H and O–H groups in total. The minimum atomic E-state index is -0.224. The summed E-state index contributed by atoms with van der Waals surface area (Å²) in [5, 5.41) is 8.52. The molecule has 4 nitrogen and oxygen atoms in total. The van der Waals surface area contributed by atoms with E-state index in [2.05, 4.69) is 4.98 Å². The van der Waals surface area contributed by atoms with Gasteiger partial charge in [0.25, 0.3) is 0 Å². The van der Waals surface area contributed by atoms with Gasteiger partial charge in [0.05, 0.1) is 23.9 Å². The molecule has 0 saturated carbocycles. The highest BCUT2D eigenvalue weighted by molar-refractivity contribution is 5.27. The first-order valence-corrected chi connectivity index (χ1v) is 3.88. The molecule has 0 bridgehead atoms. The molecule has 0 fully saturated rings. The van der Waals surface area contributed by atoms with Crippen molar-refractivity contribution in [3.05, 3.63) is 29.6 Å². The Bertz CT molecular complexity index is 302. The Balaban J connectivity index is 2.75. The summed E-state index contributed by atoms with van der Waals surface area (Å²) in [5.74, 6) is 0. The van der Waals surface area contributed by atoms with Crippen LogP contribution in [0.4, 0.5) is 0 Å². The van der Waals surface area contributed by atoms with Crippen LogP contribution < -0.4 is 5.73 Å². The SMILES string of the molecule is COCC(N)c1ccc(C#N)cn1. The third kappa shape index (κ3) is 2.51. The molecule has 1 heterocycles. The lowest BCUT2D eigenvalue weighted by atomic mass is 10.2. The first kappa shape index (κ1) is 9.65. The highest BCUT2D eigenvalue weighted by atomic mass is 16.5. The molecule has 1 unspecified atom stereocenters. The van der Waals surface area contributed by atoms with Crippen LogP contribution in [0, 0.1) is 11.3 Å². The molecule has 0 spiro atoms. The summed E-state index contributed by atoms with van der Waals surface area (Å²) in [4.78, 5) is 4.04. The largest absolute Gasteiger partial charge is 0.383 e. The number of ether oxygens (including phenoxy) is 1. The highest BCUT2D eigenvalue weighted by Crippen LogP contribution is 2.07. The lowest BCUT2D eigenvalue weighted by Crippen LogP contribution is -2.17. The molecule has 0 aromatic carbocycles. The van der Waals surface area contributed by atoms with Gasteiger partial charge in [-0.05, 0) is 12.1 Å². The van der Waals surface area contributed by atoms with Crippen molar-refractivity contribution in [1.82, 2.24) is 4.98 Å². The molecule has 0 aliphatic heterocycles. The molecule has 0 aliphatic rings. The average Bonchev–Trinajstić information content (AvgIpc) is 2.18. The highest BCUT2D eigenvalue weighted by Gasteiger charge is 2.05. The first-order chi connectivity index (χ1) is 6.27. The van der Waals surface area contributed by atoms with E-state index in [1.807, 2.05) is 6.07 Å². The molecule has 1 rings (SSSR count).